The van der Waals surface area contributed by atoms with E-state index in [-0.39, 0.29) is 5.82 Å². The van der Waals surface area contributed by atoms with Crippen LogP contribution in [0.3, 0.4) is 0 Å². The van der Waals surface area contributed by atoms with Crippen molar-refractivity contribution < 1.29 is 4.39 Å². The highest BCUT2D eigenvalue weighted by Crippen LogP contribution is 2.34. The van der Waals surface area contributed by atoms with Crippen LogP contribution in [-0.2, 0) is 6.54 Å². The largest absolute Gasteiger partial charge is 0.338 e. The molecule has 0 radical (unpaired) electrons. The monoisotopic (exact) mass is 531 g/mol. The van der Waals surface area contributed by atoms with E-state index in [0.717, 1.165) is 74.6 Å². The summed E-state index contributed by atoms with van der Waals surface area (Å²) >= 11 is 0. The zero-order valence-corrected chi connectivity index (χ0v) is 22.3. The van der Waals surface area contributed by atoms with Crippen LogP contribution in [0.15, 0.2) is 67.1 Å². The van der Waals surface area contributed by atoms with Crippen molar-refractivity contribution in [3.05, 3.63) is 84.1 Å². The number of benzene rings is 1. The predicted molar refractivity (Wildman–Crippen MR) is 156 cm³/mol. The first-order valence-corrected chi connectivity index (χ1v) is 13.9. The van der Waals surface area contributed by atoms with Crippen molar-refractivity contribution in [1.82, 2.24) is 35.5 Å². The fraction of sp³-hybridized carbons (Fsp3) is 0.250. The highest BCUT2D eigenvalue weighted by molar-refractivity contribution is 5.99. The smallest absolute Gasteiger partial charge is 0.138 e. The van der Waals surface area contributed by atoms with Crippen LogP contribution in [0.5, 0.6) is 0 Å². The number of nitrogens with zero attached hydrogens (tertiary/aromatic N) is 4. The maximum absolute atomic E-state index is 14.2. The average molecular weight is 532 g/mol. The van der Waals surface area contributed by atoms with E-state index in [2.05, 4.69) is 36.5 Å². The Morgan fingerprint density at radius 2 is 1.90 bits per heavy atom. The maximum atomic E-state index is 14.2. The van der Waals surface area contributed by atoms with E-state index < -0.39 is 0 Å². The Bertz CT molecular complexity index is 1810. The molecular weight excluding hydrogens is 501 g/mol. The molecule has 0 saturated heterocycles. The predicted octanol–water partition coefficient (Wildman–Crippen LogP) is 6.96. The topological polar surface area (TPSA) is 95.2 Å². The molecule has 0 spiro atoms. The number of aromatic amines is 2. The van der Waals surface area contributed by atoms with Crippen molar-refractivity contribution in [3.63, 3.8) is 0 Å². The summed E-state index contributed by atoms with van der Waals surface area (Å²) in [6, 6.07) is 15.1. The number of fused-ring (bicyclic) bond motifs is 2. The standard InChI is InChI=1S/C32H30FN7/c1-19-10-22(13-24(33)11-19)25-8-9-36-32-26(25)14-29(38-32)31-30-28(39-40-31)7-6-27(37-30)23-12-21(17-35-18-23)16-34-15-20-4-2-3-5-20/h6-14,17-18,20,34H,2-5,15-16H2,1H3,(H,36,38)(H,39,40). The van der Waals surface area contributed by atoms with Gasteiger partial charge in [-0.3, -0.25) is 10.1 Å². The zero-order chi connectivity index (χ0) is 27.1. The van der Waals surface area contributed by atoms with Crippen LogP contribution in [0.4, 0.5) is 4.39 Å². The van der Waals surface area contributed by atoms with Gasteiger partial charge >= 0.3 is 0 Å². The lowest BCUT2D eigenvalue weighted by molar-refractivity contribution is 0.489. The molecule has 7 rings (SSSR count). The number of aryl methyl sites for hydroxylation is 1. The lowest BCUT2D eigenvalue weighted by atomic mass is 10.0. The average Bonchev–Trinajstić information content (AvgIpc) is 3.71. The van der Waals surface area contributed by atoms with Crippen molar-refractivity contribution in [1.29, 1.82) is 0 Å². The second-order valence-electron chi connectivity index (χ2n) is 10.8. The van der Waals surface area contributed by atoms with Crippen LogP contribution in [0.1, 0.15) is 36.8 Å². The summed E-state index contributed by atoms with van der Waals surface area (Å²) in [6.07, 6.45) is 10.9. The molecule has 5 aromatic heterocycles. The third kappa shape index (κ3) is 4.75. The molecule has 8 heteroatoms. The van der Waals surface area contributed by atoms with Crippen molar-refractivity contribution >= 4 is 22.1 Å². The van der Waals surface area contributed by atoms with E-state index in [1.165, 1.54) is 31.7 Å². The first-order chi connectivity index (χ1) is 19.6. The maximum Gasteiger partial charge on any atom is 0.138 e. The Morgan fingerprint density at radius 1 is 1.00 bits per heavy atom. The Kier molecular flexibility index (Phi) is 6.32. The molecule has 0 unspecified atom stereocenters. The number of hydrogen-bond acceptors (Lipinski definition) is 5. The number of halogens is 1. The minimum atomic E-state index is -0.256. The van der Waals surface area contributed by atoms with E-state index in [9.17, 15) is 4.39 Å². The number of H-pyrrole nitrogens is 2. The SMILES string of the molecule is Cc1cc(F)cc(-c2ccnc3[nH]c(-c4n[nH]c5ccc(-c6cncc(CNCC7CCCC7)c6)nc45)cc23)c1. The summed E-state index contributed by atoms with van der Waals surface area (Å²) in [7, 11) is 0. The molecular formula is C32H30FN7. The van der Waals surface area contributed by atoms with Gasteiger partial charge < -0.3 is 10.3 Å². The first-order valence-electron chi connectivity index (χ1n) is 13.9. The molecule has 0 aliphatic heterocycles. The normalized spacial score (nSPS) is 14.1. The molecule has 6 aromatic rings. The summed E-state index contributed by atoms with van der Waals surface area (Å²) in [5.41, 5.74) is 9.36. The van der Waals surface area contributed by atoms with Crippen LogP contribution in [-0.4, -0.2) is 36.7 Å². The van der Waals surface area contributed by atoms with Gasteiger partial charge in [0.15, 0.2) is 0 Å². The van der Waals surface area contributed by atoms with Crippen molar-refractivity contribution in [2.45, 2.75) is 39.2 Å². The Labute approximate surface area is 231 Å². The number of hydrogen-bond donors (Lipinski definition) is 3. The van der Waals surface area contributed by atoms with Crippen LogP contribution in [0, 0.1) is 18.7 Å². The Balaban J connectivity index is 1.21. The summed E-state index contributed by atoms with van der Waals surface area (Å²) in [5, 5.41) is 12.2. The van der Waals surface area contributed by atoms with E-state index in [1.54, 1.807) is 12.3 Å². The Hall–Kier alpha value is -4.43. The highest BCUT2D eigenvalue weighted by atomic mass is 19.1. The van der Waals surface area contributed by atoms with Crippen LogP contribution in [0.25, 0.3) is 55.8 Å². The second-order valence-corrected chi connectivity index (χ2v) is 10.8. The Morgan fingerprint density at radius 3 is 2.77 bits per heavy atom. The van der Waals surface area contributed by atoms with Crippen LogP contribution >= 0.6 is 0 Å². The van der Waals surface area contributed by atoms with Crippen molar-refractivity contribution in [3.8, 4) is 33.8 Å². The van der Waals surface area contributed by atoms with E-state index >= 15 is 0 Å². The minimum absolute atomic E-state index is 0.256. The highest BCUT2D eigenvalue weighted by Gasteiger charge is 2.17. The molecule has 1 aromatic carbocycles. The summed E-state index contributed by atoms with van der Waals surface area (Å²) in [4.78, 5) is 17.4. The summed E-state index contributed by atoms with van der Waals surface area (Å²) < 4.78 is 14.2. The molecule has 0 atom stereocenters. The van der Waals surface area contributed by atoms with Crippen molar-refractivity contribution in [2.75, 3.05) is 6.54 Å². The quantitative estimate of drug-likeness (QED) is 0.207. The molecule has 40 heavy (non-hydrogen) atoms. The van der Waals surface area contributed by atoms with Gasteiger partial charge in [-0.25, -0.2) is 14.4 Å². The second kappa shape index (κ2) is 10.3. The molecule has 1 aliphatic rings. The van der Waals surface area contributed by atoms with Crippen molar-refractivity contribution in [2.24, 2.45) is 5.92 Å². The molecule has 0 amide bonds. The fourth-order valence-corrected chi connectivity index (χ4v) is 5.91. The molecule has 1 saturated carbocycles. The fourth-order valence-electron chi connectivity index (χ4n) is 5.91. The molecule has 0 bridgehead atoms. The zero-order valence-electron chi connectivity index (χ0n) is 22.3. The third-order valence-corrected chi connectivity index (χ3v) is 7.88. The lowest BCUT2D eigenvalue weighted by Crippen LogP contribution is -2.20. The molecule has 7 nitrogen and oxygen atoms in total. The van der Waals surface area contributed by atoms with Gasteiger partial charge in [-0.2, -0.15) is 5.10 Å². The number of pyridine rings is 3. The first kappa shape index (κ1) is 24.6. The van der Waals surface area contributed by atoms with E-state index in [1.807, 2.05) is 49.6 Å². The molecule has 200 valence electrons. The third-order valence-electron chi connectivity index (χ3n) is 7.88. The van der Waals surface area contributed by atoms with Gasteiger partial charge in [0.2, 0.25) is 0 Å². The minimum Gasteiger partial charge on any atom is -0.338 e. The molecule has 3 N–H and O–H groups in total. The van der Waals surface area contributed by atoms with E-state index in [0.29, 0.717) is 11.3 Å². The number of aromatic nitrogens is 6. The van der Waals surface area contributed by atoms with E-state index in [4.69, 9.17) is 4.98 Å². The van der Waals surface area contributed by atoms with Gasteiger partial charge in [-0.15, -0.1) is 0 Å². The van der Waals surface area contributed by atoms with Gasteiger partial charge in [0.1, 0.15) is 22.7 Å². The summed E-state index contributed by atoms with van der Waals surface area (Å²) in [6.45, 7) is 3.75. The van der Waals surface area contributed by atoms with Gasteiger partial charge in [0, 0.05) is 36.1 Å². The lowest BCUT2D eigenvalue weighted by Gasteiger charge is -2.11. The van der Waals surface area contributed by atoms with Gasteiger partial charge in [0.05, 0.1) is 16.9 Å². The van der Waals surface area contributed by atoms with Gasteiger partial charge in [-0.1, -0.05) is 18.9 Å². The van der Waals surface area contributed by atoms with Crippen LogP contribution < -0.4 is 5.32 Å². The van der Waals surface area contributed by atoms with Crippen LogP contribution in [0.2, 0.25) is 0 Å². The molecule has 5 heterocycles. The number of nitrogens with one attached hydrogen (secondary N) is 3. The molecule has 1 aliphatic carbocycles. The van der Waals surface area contributed by atoms with Gasteiger partial charge in [-0.05, 0) is 96.9 Å². The molecule has 1 fully saturated rings. The summed E-state index contributed by atoms with van der Waals surface area (Å²) in [5.74, 6) is 0.544. The van der Waals surface area contributed by atoms with Gasteiger partial charge in [0.25, 0.3) is 0 Å². The number of rotatable bonds is 7.